The van der Waals surface area contributed by atoms with Crippen LogP contribution in [0.3, 0.4) is 0 Å². The lowest BCUT2D eigenvalue weighted by Crippen LogP contribution is -2.40. The zero-order chi connectivity index (χ0) is 18.8. The van der Waals surface area contributed by atoms with Gasteiger partial charge in [0.15, 0.2) is 0 Å². The summed E-state index contributed by atoms with van der Waals surface area (Å²) in [4.78, 5) is 34.4. The van der Waals surface area contributed by atoms with Crippen LogP contribution in [0.1, 0.15) is 36.3 Å². The molecule has 138 valence electrons. The number of ether oxygens (including phenoxy) is 1. The first-order valence-corrected chi connectivity index (χ1v) is 9.17. The SMILES string of the molecule is O=NC(=O)C1CCCC1NC(=O)OCC1c2ccccc2-c2ccccc21. The van der Waals surface area contributed by atoms with Gasteiger partial charge in [0.05, 0.1) is 5.92 Å². The monoisotopic (exact) mass is 364 g/mol. The van der Waals surface area contributed by atoms with Crippen LogP contribution in [-0.4, -0.2) is 24.6 Å². The molecule has 2 aliphatic carbocycles. The quantitative estimate of drug-likeness (QED) is 0.832. The Labute approximate surface area is 156 Å². The third-order valence-corrected chi connectivity index (χ3v) is 5.57. The van der Waals surface area contributed by atoms with E-state index in [1.54, 1.807) is 0 Å². The molecule has 27 heavy (non-hydrogen) atoms. The van der Waals surface area contributed by atoms with Crippen LogP contribution in [0, 0.1) is 10.8 Å². The first-order chi connectivity index (χ1) is 13.2. The first kappa shape index (κ1) is 17.4. The standard InChI is InChI=1S/C21H20N2O4/c24-20(23-26)17-10-5-11-19(17)22-21(25)27-12-18-15-8-3-1-6-13(15)14-7-2-4-9-16(14)18/h1-4,6-9,17-19H,5,10-12H2,(H,22,25). The fourth-order valence-corrected chi connectivity index (χ4v) is 4.29. The van der Waals surface area contributed by atoms with Crippen molar-refractivity contribution in [2.24, 2.45) is 11.1 Å². The van der Waals surface area contributed by atoms with E-state index < -0.39 is 17.9 Å². The van der Waals surface area contributed by atoms with Crippen molar-refractivity contribution in [3.05, 3.63) is 64.6 Å². The van der Waals surface area contributed by atoms with Crippen molar-refractivity contribution in [1.29, 1.82) is 0 Å². The van der Waals surface area contributed by atoms with E-state index in [-0.39, 0.29) is 18.6 Å². The number of hydrogen-bond acceptors (Lipinski definition) is 4. The molecule has 1 N–H and O–H groups in total. The number of amides is 2. The molecule has 2 amide bonds. The van der Waals surface area contributed by atoms with Gasteiger partial charge in [0.25, 0.3) is 5.91 Å². The minimum absolute atomic E-state index is 0.0131. The topological polar surface area (TPSA) is 84.8 Å². The Bertz CT molecular complexity index is 850. The minimum atomic E-state index is -0.698. The van der Waals surface area contributed by atoms with Crippen LogP contribution in [0.25, 0.3) is 11.1 Å². The number of alkyl carbamates (subject to hydrolysis) is 1. The number of nitrogens with zero attached hydrogens (tertiary/aromatic N) is 1. The summed E-state index contributed by atoms with van der Waals surface area (Å²) in [5, 5.41) is 5.24. The molecule has 1 fully saturated rings. The van der Waals surface area contributed by atoms with E-state index >= 15 is 0 Å². The Morgan fingerprint density at radius 2 is 1.63 bits per heavy atom. The summed E-state index contributed by atoms with van der Waals surface area (Å²) in [6.07, 6.45) is 1.43. The lowest BCUT2D eigenvalue weighted by atomic mass is 9.98. The van der Waals surface area contributed by atoms with Gasteiger partial charge >= 0.3 is 6.09 Å². The molecule has 2 aromatic rings. The zero-order valence-corrected chi connectivity index (χ0v) is 14.8. The number of nitroso groups, excluding NO2 is 1. The van der Waals surface area contributed by atoms with Gasteiger partial charge in [0.2, 0.25) is 0 Å². The fourth-order valence-electron chi connectivity index (χ4n) is 4.29. The van der Waals surface area contributed by atoms with Crippen molar-refractivity contribution in [2.75, 3.05) is 6.61 Å². The average molecular weight is 364 g/mol. The van der Waals surface area contributed by atoms with Gasteiger partial charge in [-0.1, -0.05) is 55.0 Å². The van der Waals surface area contributed by atoms with Crippen LogP contribution >= 0.6 is 0 Å². The fraction of sp³-hybridized carbons (Fsp3) is 0.333. The molecule has 0 radical (unpaired) electrons. The van der Waals surface area contributed by atoms with E-state index in [9.17, 15) is 14.5 Å². The maximum atomic E-state index is 12.3. The van der Waals surface area contributed by atoms with Crippen LogP contribution in [0.2, 0.25) is 0 Å². The van der Waals surface area contributed by atoms with Gasteiger partial charge < -0.3 is 10.1 Å². The third kappa shape index (κ3) is 3.23. The Morgan fingerprint density at radius 3 is 2.26 bits per heavy atom. The number of carbonyl (C=O) groups excluding carboxylic acids is 2. The second-order valence-electron chi connectivity index (χ2n) is 7.04. The summed E-state index contributed by atoms with van der Waals surface area (Å²) in [5.41, 5.74) is 4.62. The van der Waals surface area contributed by atoms with Gasteiger partial charge in [0, 0.05) is 17.1 Å². The zero-order valence-electron chi connectivity index (χ0n) is 14.8. The van der Waals surface area contributed by atoms with Crippen molar-refractivity contribution >= 4 is 12.0 Å². The van der Waals surface area contributed by atoms with Crippen molar-refractivity contribution in [3.63, 3.8) is 0 Å². The molecule has 6 heteroatoms. The van der Waals surface area contributed by atoms with Crippen LogP contribution < -0.4 is 5.32 Å². The summed E-state index contributed by atoms with van der Waals surface area (Å²) in [7, 11) is 0. The normalized spacial score (nSPS) is 20.6. The lowest BCUT2D eigenvalue weighted by Gasteiger charge is -2.19. The second-order valence-corrected chi connectivity index (χ2v) is 7.04. The molecule has 0 heterocycles. The van der Waals surface area contributed by atoms with Gasteiger partial charge in [-0.3, -0.25) is 4.79 Å². The molecule has 0 spiro atoms. The predicted molar refractivity (Wildman–Crippen MR) is 100 cm³/mol. The number of rotatable bonds is 4. The highest BCUT2D eigenvalue weighted by atomic mass is 16.5. The van der Waals surface area contributed by atoms with E-state index in [1.807, 2.05) is 24.3 Å². The van der Waals surface area contributed by atoms with Crippen LogP contribution in [0.5, 0.6) is 0 Å². The first-order valence-electron chi connectivity index (χ1n) is 9.17. The molecular weight excluding hydrogens is 344 g/mol. The molecule has 0 aromatic heterocycles. The van der Waals surface area contributed by atoms with E-state index in [1.165, 1.54) is 11.1 Å². The molecule has 2 unspecified atom stereocenters. The highest BCUT2D eigenvalue weighted by Gasteiger charge is 2.35. The van der Waals surface area contributed by atoms with Gasteiger partial charge in [-0.25, -0.2) is 4.79 Å². The van der Waals surface area contributed by atoms with Crippen LogP contribution in [0.15, 0.2) is 53.7 Å². The summed E-state index contributed by atoms with van der Waals surface area (Å²) < 4.78 is 5.49. The molecule has 1 saturated carbocycles. The summed E-state index contributed by atoms with van der Waals surface area (Å²) in [5.74, 6) is -1.25. The molecule has 0 aliphatic heterocycles. The van der Waals surface area contributed by atoms with E-state index in [0.717, 1.165) is 17.5 Å². The molecule has 0 bridgehead atoms. The molecule has 0 saturated heterocycles. The number of benzene rings is 2. The molecule has 6 nitrogen and oxygen atoms in total. The number of fused-ring (bicyclic) bond motifs is 3. The Hall–Kier alpha value is -3.02. The molecular formula is C21H20N2O4. The Morgan fingerprint density at radius 1 is 1.00 bits per heavy atom. The van der Waals surface area contributed by atoms with Crippen LogP contribution in [0.4, 0.5) is 4.79 Å². The summed E-state index contributed by atoms with van der Waals surface area (Å²) >= 11 is 0. The van der Waals surface area contributed by atoms with Gasteiger partial charge in [0.1, 0.15) is 6.61 Å². The van der Waals surface area contributed by atoms with Crippen molar-refractivity contribution in [1.82, 2.24) is 5.32 Å². The maximum Gasteiger partial charge on any atom is 0.407 e. The number of carbonyl (C=O) groups is 2. The van der Waals surface area contributed by atoms with E-state index in [0.29, 0.717) is 12.8 Å². The average Bonchev–Trinajstić information content (AvgIpc) is 3.28. The highest BCUT2D eigenvalue weighted by Crippen LogP contribution is 2.44. The number of hydrogen-bond donors (Lipinski definition) is 1. The lowest BCUT2D eigenvalue weighted by molar-refractivity contribution is -0.122. The van der Waals surface area contributed by atoms with Gasteiger partial charge in [-0.15, -0.1) is 4.91 Å². The van der Waals surface area contributed by atoms with Crippen LogP contribution in [-0.2, 0) is 9.53 Å². The highest BCUT2D eigenvalue weighted by molar-refractivity contribution is 5.81. The Kier molecular flexibility index (Phi) is 4.71. The summed E-state index contributed by atoms with van der Waals surface area (Å²) in [6, 6.07) is 15.9. The molecule has 2 aromatic carbocycles. The Balaban J connectivity index is 1.44. The van der Waals surface area contributed by atoms with E-state index in [4.69, 9.17) is 4.74 Å². The predicted octanol–water partition coefficient (Wildman–Crippen LogP) is 3.99. The molecule has 2 atom stereocenters. The van der Waals surface area contributed by atoms with Crippen molar-refractivity contribution < 1.29 is 14.3 Å². The second kappa shape index (κ2) is 7.31. The largest absolute Gasteiger partial charge is 0.449 e. The van der Waals surface area contributed by atoms with Crippen molar-refractivity contribution in [2.45, 2.75) is 31.2 Å². The maximum absolute atomic E-state index is 12.3. The van der Waals surface area contributed by atoms with Gasteiger partial charge in [-0.2, -0.15) is 0 Å². The number of nitrogens with one attached hydrogen (secondary N) is 1. The van der Waals surface area contributed by atoms with Gasteiger partial charge in [-0.05, 0) is 35.1 Å². The smallest absolute Gasteiger partial charge is 0.407 e. The van der Waals surface area contributed by atoms with E-state index in [2.05, 4.69) is 34.8 Å². The summed E-state index contributed by atoms with van der Waals surface area (Å²) in [6.45, 7) is 0.219. The minimum Gasteiger partial charge on any atom is -0.449 e. The third-order valence-electron chi connectivity index (χ3n) is 5.57. The molecule has 4 rings (SSSR count). The van der Waals surface area contributed by atoms with Crippen molar-refractivity contribution in [3.8, 4) is 11.1 Å². The molecule has 2 aliphatic rings.